The van der Waals surface area contributed by atoms with E-state index in [1.54, 1.807) is 6.20 Å². The Hall–Kier alpha value is -1.77. The molecule has 0 radical (unpaired) electrons. The van der Waals surface area contributed by atoms with Gasteiger partial charge in [-0.15, -0.1) is 0 Å². The van der Waals surface area contributed by atoms with Crippen molar-refractivity contribution in [3.63, 3.8) is 0 Å². The van der Waals surface area contributed by atoms with Gasteiger partial charge in [-0.25, -0.2) is 4.79 Å². The predicted molar refractivity (Wildman–Crippen MR) is 83.4 cm³/mol. The van der Waals surface area contributed by atoms with E-state index in [9.17, 15) is 4.79 Å². The van der Waals surface area contributed by atoms with Gasteiger partial charge >= 0.3 is 6.03 Å². The Morgan fingerprint density at radius 2 is 1.85 bits per heavy atom. The normalized spacial score (nSPS) is 16.9. The first-order chi connectivity index (χ1) is 9.75. The molecule has 1 aliphatic rings. The molecular weight excluding hydrogens is 248 g/mol. The highest BCUT2D eigenvalue weighted by molar-refractivity contribution is 5.76. The van der Waals surface area contributed by atoms with Gasteiger partial charge in [-0.2, -0.15) is 0 Å². The summed E-state index contributed by atoms with van der Waals surface area (Å²) in [5.74, 6) is 0. The summed E-state index contributed by atoms with van der Waals surface area (Å²) in [5.41, 5.74) is 2.33. The third-order valence-electron chi connectivity index (χ3n) is 3.86. The molecule has 3 heteroatoms. The van der Waals surface area contributed by atoms with E-state index in [0.29, 0.717) is 6.04 Å². The summed E-state index contributed by atoms with van der Waals surface area (Å²) in [7, 11) is 0. The molecule has 3 nitrogen and oxygen atoms in total. The summed E-state index contributed by atoms with van der Waals surface area (Å²) in [4.78, 5) is 11.8. The van der Waals surface area contributed by atoms with Gasteiger partial charge in [0.15, 0.2) is 0 Å². The van der Waals surface area contributed by atoms with Crippen molar-refractivity contribution in [3.05, 3.63) is 41.6 Å². The number of benzene rings is 1. The molecule has 20 heavy (non-hydrogen) atoms. The van der Waals surface area contributed by atoms with Crippen molar-refractivity contribution in [1.82, 2.24) is 10.6 Å². The number of hydrogen-bond acceptors (Lipinski definition) is 1. The van der Waals surface area contributed by atoms with Gasteiger partial charge in [0.2, 0.25) is 0 Å². The molecule has 2 rings (SSSR count). The van der Waals surface area contributed by atoms with E-state index >= 15 is 0 Å². The van der Waals surface area contributed by atoms with Crippen LogP contribution < -0.4 is 10.6 Å². The van der Waals surface area contributed by atoms with Crippen LogP contribution in [0.15, 0.2) is 30.5 Å². The molecule has 0 aliphatic heterocycles. The maximum absolute atomic E-state index is 11.8. The van der Waals surface area contributed by atoms with Crippen LogP contribution in [0.1, 0.15) is 49.7 Å². The number of amides is 2. The summed E-state index contributed by atoms with van der Waals surface area (Å²) < 4.78 is 0. The first-order valence-corrected chi connectivity index (χ1v) is 7.55. The second-order valence-corrected chi connectivity index (χ2v) is 5.50. The Morgan fingerprint density at radius 3 is 2.55 bits per heavy atom. The van der Waals surface area contributed by atoms with E-state index in [4.69, 9.17) is 0 Å². The third-order valence-corrected chi connectivity index (χ3v) is 3.86. The zero-order valence-electron chi connectivity index (χ0n) is 12.2. The van der Waals surface area contributed by atoms with Gasteiger partial charge in [0.25, 0.3) is 0 Å². The molecule has 0 spiro atoms. The Morgan fingerprint density at radius 1 is 1.15 bits per heavy atom. The molecule has 1 aromatic carbocycles. The van der Waals surface area contributed by atoms with E-state index in [0.717, 1.165) is 18.4 Å². The average molecular weight is 272 g/mol. The van der Waals surface area contributed by atoms with Gasteiger partial charge in [0.05, 0.1) is 0 Å². The monoisotopic (exact) mass is 272 g/mol. The van der Waals surface area contributed by atoms with E-state index in [1.165, 1.54) is 31.2 Å². The van der Waals surface area contributed by atoms with Crippen molar-refractivity contribution < 1.29 is 4.79 Å². The van der Waals surface area contributed by atoms with Gasteiger partial charge in [-0.05, 0) is 37.0 Å². The van der Waals surface area contributed by atoms with Crippen LogP contribution in [0, 0.1) is 6.92 Å². The predicted octanol–water partition coefficient (Wildman–Crippen LogP) is 3.99. The number of hydrogen-bond donors (Lipinski definition) is 2. The molecule has 108 valence electrons. The standard InChI is InChI=1S/C17H24N2O/c1-14-8-6-7-9-15(14)12-13-18-17(20)19-16-10-4-2-3-5-11-16/h6-9,12-13,16H,2-5,10-11H2,1H3,(H2,18,19,20)/b13-12+. The molecule has 0 aromatic heterocycles. The highest BCUT2D eigenvalue weighted by Crippen LogP contribution is 2.17. The Kier molecular flexibility index (Phi) is 5.66. The summed E-state index contributed by atoms with van der Waals surface area (Å²) in [5, 5.41) is 5.85. The molecule has 1 saturated carbocycles. The first kappa shape index (κ1) is 14.6. The molecule has 0 atom stereocenters. The number of rotatable bonds is 3. The summed E-state index contributed by atoms with van der Waals surface area (Å²) in [6.07, 6.45) is 10.9. The maximum atomic E-state index is 11.8. The molecule has 0 bridgehead atoms. The number of carbonyl (C=O) groups is 1. The van der Waals surface area contributed by atoms with Gasteiger partial charge in [-0.1, -0.05) is 49.9 Å². The number of nitrogens with one attached hydrogen (secondary N) is 2. The molecular formula is C17H24N2O. The van der Waals surface area contributed by atoms with Crippen molar-refractivity contribution in [2.75, 3.05) is 0 Å². The van der Waals surface area contributed by atoms with Crippen molar-refractivity contribution in [1.29, 1.82) is 0 Å². The topological polar surface area (TPSA) is 41.1 Å². The second kappa shape index (κ2) is 7.73. The maximum Gasteiger partial charge on any atom is 0.318 e. The smallest absolute Gasteiger partial charge is 0.318 e. The zero-order valence-corrected chi connectivity index (χ0v) is 12.2. The Labute approximate surface area is 121 Å². The largest absolute Gasteiger partial charge is 0.335 e. The van der Waals surface area contributed by atoms with Crippen LogP contribution >= 0.6 is 0 Å². The third kappa shape index (κ3) is 4.72. The van der Waals surface area contributed by atoms with Crippen LogP contribution in [-0.2, 0) is 0 Å². The molecule has 0 saturated heterocycles. The number of carbonyl (C=O) groups excluding carboxylic acids is 1. The van der Waals surface area contributed by atoms with Crippen molar-refractivity contribution in [2.24, 2.45) is 0 Å². The quantitative estimate of drug-likeness (QED) is 0.803. The van der Waals surface area contributed by atoms with Crippen LogP contribution in [0.25, 0.3) is 6.08 Å². The molecule has 2 N–H and O–H groups in total. The van der Waals surface area contributed by atoms with Gasteiger partial charge in [0.1, 0.15) is 0 Å². The highest BCUT2D eigenvalue weighted by atomic mass is 16.2. The number of aryl methyl sites for hydroxylation is 1. The van der Waals surface area contributed by atoms with E-state index in [2.05, 4.69) is 23.6 Å². The lowest BCUT2D eigenvalue weighted by atomic mass is 10.1. The summed E-state index contributed by atoms with van der Waals surface area (Å²) in [6.45, 7) is 2.06. The fraction of sp³-hybridized carbons (Fsp3) is 0.471. The van der Waals surface area contributed by atoms with Crippen LogP contribution in [0.5, 0.6) is 0 Å². The lowest BCUT2D eigenvalue weighted by Gasteiger charge is -2.15. The Balaban J connectivity index is 1.78. The second-order valence-electron chi connectivity index (χ2n) is 5.50. The van der Waals surface area contributed by atoms with E-state index in [-0.39, 0.29) is 6.03 Å². The minimum Gasteiger partial charge on any atom is -0.335 e. The van der Waals surface area contributed by atoms with Gasteiger partial charge < -0.3 is 10.6 Å². The van der Waals surface area contributed by atoms with Crippen LogP contribution in [-0.4, -0.2) is 12.1 Å². The number of urea groups is 1. The van der Waals surface area contributed by atoms with Crippen LogP contribution in [0.2, 0.25) is 0 Å². The van der Waals surface area contributed by atoms with E-state index < -0.39 is 0 Å². The lowest BCUT2D eigenvalue weighted by molar-refractivity contribution is 0.239. The lowest BCUT2D eigenvalue weighted by Crippen LogP contribution is -2.39. The van der Waals surface area contributed by atoms with Gasteiger partial charge in [-0.3, -0.25) is 0 Å². The average Bonchev–Trinajstić information content (AvgIpc) is 2.69. The van der Waals surface area contributed by atoms with Crippen molar-refractivity contribution in [3.8, 4) is 0 Å². The zero-order chi connectivity index (χ0) is 14.2. The van der Waals surface area contributed by atoms with E-state index in [1.807, 2.05) is 24.3 Å². The molecule has 1 aromatic rings. The molecule has 0 heterocycles. The SMILES string of the molecule is Cc1ccccc1/C=C/NC(=O)NC1CCCCCC1. The minimum atomic E-state index is -0.0956. The Bertz CT molecular complexity index is 460. The summed E-state index contributed by atoms with van der Waals surface area (Å²) in [6, 6.07) is 8.35. The highest BCUT2D eigenvalue weighted by Gasteiger charge is 2.13. The fourth-order valence-corrected chi connectivity index (χ4v) is 2.63. The van der Waals surface area contributed by atoms with Crippen molar-refractivity contribution in [2.45, 2.75) is 51.5 Å². The fourth-order valence-electron chi connectivity index (χ4n) is 2.63. The van der Waals surface area contributed by atoms with Gasteiger partial charge in [0, 0.05) is 12.2 Å². The summed E-state index contributed by atoms with van der Waals surface area (Å²) >= 11 is 0. The van der Waals surface area contributed by atoms with Crippen LogP contribution in [0.3, 0.4) is 0 Å². The van der Waals surface area contributed by atoms with Crippen LogP contribution in [0.4, 0.5) is 4.79 Å². The van der Waals surface area contributed by atoms with Crippen molar-refractivity contribution >= 4 is 12.1 Å². The molecule has 0 unspecified atom stereocenters. The first-order valence-electron chi connectivity index (χ1n) is 7.55. The molecule has 1 aliphatic carbocycles. The minimum absolute atomic E-state index is 0.0956. The molecule has 1 fully saturated rings. The molecule has 2 amide bonds.